The van der Waals surface area contributed by atoms with Gasteiger partial charge in [-0.05, 0) is 0 Å². The molecule has 0 bridgehead atoms. The summed E-state index contributed by atoms with van der Waals surface area (Å²) >= 11 is 0. The number of nitrogens with one attached hydrogen (secondary N) is 1. The van der Waals surface area contributed by atoms with Crippen LogP contribution in [0.25, 0.3) is 11.2 Å². The van der Waals surface area contributed by atoms with E-state index < -0.39 is 44.3 Å². The number of aromatic amines is 1. The van der Waals surface area contributed by atoms with E-state index in [0.29, 0.717) is 6.61 Å². The maximum atomic E-state index is 12.0. The molecule has 1 aliphatic rings. The fraction of sp³-hybridized carbons (Fsp3) is 0.643. The number of nitrogen functional groups attached to an aromatic ring is 1. The first kappa shape index (κ1) is 21.8. The molecular formula is C14H22N5O9P. The average molecular weight is 435 g/mol. The highest BCUT2D eigenvalue weighted by molar-refractivity contribution is 7.46. The third kappa shape index (κ3) is 4.99. The van der Waals surface area contributed by atoms with Crippen molar-refractivity contribution in [2.45, 2.75) is 18.4 Å². The molecular weight excluding hydrogens is 413 g/mol. The van der Waals surface area contributed by atoms with Crippen LogP contribution >= 0.6 is 7.82 Å². The van der Waals surface area contributed by atoms with Gasteiger partial charge in [-0.3, -0.25) is 18.9 Å². The van der Waals surface area contributed by atoms with Crippen molar-refractivity contribution in [3.63, 3.8) is 0 Å². The minimum absolute atomic E-state index is 0.00203. The number of nitrogens with two attached hydrogens (primary N) is 1. The lowest BCUT2D eigenvalue weighted by Gasteiger charge is -2.20. The Balaban J connectivity index is 1.85. The van der Waals surface area contributed by atoms with Crippen LogP contribution in [0.4, 0.5) is 5.95 Å². The van der Waals surface area contributed by atoms with Crippen LogP contribution < -0.4 is 11.3 Å². The zero-order valence-corrected chi connectivity index (χ0v) is 16.3. The molecule has 15 heteroatoms. The number of hydrogen-bond acceptors (Lipinski definition) is 10. The highest BCUT2D eigenvalue weighted by Gasteiger charge is 2.46. The molecule has 0 saturated carbocycles. The van der Waals surface area contributed by atoms with E-state index >= 15 is 0 Å². The molecule has 0 aliphatic carbocycles. The second-order valence-electron chi connectivity index (χ2n) is 6.35. The lowest BCUT2D eigenvalue weighted by molar-refractivity contribution is -0.0497. The van der Waals surface area contributed by atoms with Gasteiger partial charge in [-0.25, -0.2) is 9.55 Å². The van der Waals surface area contributed by atoms with Crippen molar-refractivity contribution in [1.29, 1.82) is 0 Å². The number of hydrogen-bond donors (Lipinski definition) is 5. The molecule has 0 spiro atoms. The van der Waals surface area contributed by atoms with Gasteiger partial charge in [-0.15, -0.1) is 0 Å². The van der Waals surface area contributed by atoms with Gasteiger partial charge in [0.25, 0.3) is 5.56 Å². The van der Waals surface area contributed by atoms with Crippen LogP contribution in [0, 0.1) is 5.92 Å². The summed E-state index contributed by atoms with van der Waals surface area (Å²) in [6.45, 7) is 0.102. The van der Waals surface area contributed by atoms with Crippen LogP contribution in [0.5, 0.6) is 0 Å². The first-order valence-corrected chi connectivity index (χ1v) is 10.1. The number of aliphatic hydroxyl groups excluding tert-OH is 1. The maximum absolute atomic E-state index is 12.0. The molecule has 14 nitrogen and oxygen atoms in total. The number of methoxy groups -OCH3 is 1. The fourth-order valence-electron chi connectivity index (χ4n) is 3.05. The van der Waals surface area contributed by atoms with Crippen molar-refractivity contribution in [2.75, 3.05) is 39.3 Å². The number of imidazole rings is 1. The monoisotopic (exact) mass is 435 g/mol. The Labute approximate surface area is 163 Å². The Kier molecular flexibility index (Phi) is 6.65. The molecule has 162 valence electrons. The van der Waals surface area contributed by atoms with Crippen LogP contribution in [0.3, 0.4) is 0 Å². The van der Waals surface area contributed by atoms with E-state index in [2.05, 4.69) is 19.5 Å². The van der Waals surface area contributed by atoms with Crippen molar-refractivity contribution in [3.8, 4) is 0 Å². The molecule has 2 aromatic heterocycles. The number of phosphoric ester groups is 1. The predicted molar refractivity (Wildman–Crippen MR) is 96.7 cm³/mol. The molecule has 0 radical (unpaired) electrons. The van der Waals surface area contributed by atoms with Gasteiger partial charge in [0, 0.05) is 13.0 Å². The smallest absolute Gasteiger partial charge is 0.388 e. The van der Waals surface area contributed by atoms with E-state index in [-0.39, 0.29) is 30.3 Å². The van der Waals surface area contributed by atoms with Crippen LogP contribution in [-0.2, 0) is 23.3 Å². The molecule has 2 aromatic rings. The molecule has 1 unspecified atom stereocenters. The van der Waals surface area contributed by atoms with E-state index in [9.17, 15) is 14.5 Å². The third-order valence-corrected chi connectivity index (χ3v) is 4.88. The second kappa shape index (κ2) is 8.85. The molecule has 4 atom stereocenters. The summed E-state index contributed by atoms with van der Waals surface area (Å²) in [5.74, 6) is -0.835. The number of anilines is 1. The number of aliphatic hydroxyl groups is 1. The minimum atomic E-state index is -4.75. The summed E-state index contributed by atoms with van der Waals surface area (Å²) in [4.78, 5) is 40.2. The Morgan fingerprint density at radius 3 is 2.83 bits per heavy atom. The summed E-state index contributed by atoms with van der Waals surface area (Å²) in [7, 11) is -3.24. The van der Waals surface area contributed by atoms with Crippen LogP contribution in [0.15, 0.2) is 11.1 Å². The van der Waals surface area contributed by atoms with E-state index in [1.54, 1.807) is 0 Å². The number of phosphoric acid groups is 1. The lowest BCUT2D eigenvalue weighted by atomic mass is 9.99. The van der Waals surface area contributed by atoms with Crippen molar-refractivity contribution >= 4 is 24.9 Å². The van der Waals surface area contributed by atoms with E-state index in [1.807, 2.05) is 0 Å². The van der Waals surface area contributed by atoms with Crippen molar-refractivity contribution in [1.82, 2.24) is 19.5 Å². The quantitative estimate of drug-likeness (QED) is 0.222. The molecule has 29 heavy (non-hydrogen) atoms. The van der Waals surface area contributed by atoms with E-state index in [1.165, 1.54) is 18.0 Å². The zero-order valence-electron chi connectivity index (χ0n) is 15.4. The van der Waals surface area contributed by atoms with Gasteiger partial charge >= 0.3 is 7.82 Å². The maximum Gasteiger partial charge on any atom is 0.469 e. The highest BCUT2D eigenvalue weighted by Crippen LogP contribution is 2.40. The second-order valence-corrected chi connectivity index (χ2v) is 7.59. The van der Waals surface area contributed by atoms with Gasteiger partial charge in [0.05, 0.1) is 38.9 Å². The number of ether oxygens (including phenoxy) is 3. The van der Waals surface area contributed by atoms with Gasteiger partial charge in [0.15, 0.2) is 17.4 Å². The van der Waals surface area contributed by atoms with Gasteiger partial charge in [0.2, 0.25) is 5.95 Å². The largest absolute Gasteiger partial charge is 0.469 e. The molecule has 1 fully saturated rings. The topological polar surface area (TPSA) is 204 Å². The van der Waals surface area contributed by atoms with Crippen molar-refractivity contribution in [2.24, 2.45) is 5.92 Å². The van der Waals surface area contributed by atoms with Crippen LogP contribution in [-0.4, -0.2) is 80.2 Å². The Bertz CT molecular complexity index is 943. The predicted octanol–water partition coefficient (Wildman–Crippen LogP) is -1.65. The van der Waals surface area contributed by atoms with Gasteiger partial charge < -0.3 is 34.8 Å². The first-order chi connectivity index (χ1) is 13.7. The Hall–Kier alpha value is -1.90. The van der Waals surface area contributed by atoms with Gasteiger partial charge in [-0.2, -0.15) is 4.98 Å². The number of nitrogens with zero attached hydrogens (tertiary/aromatic N) is 3. The average Bonchev–Trinajstić information content (AvgIpc) is 3.18. The number of rotatable bonds is 9. The van der Waals surface area contributed by atoms with Crippen LogP contribution in [0.1, 0.15) is 6.23 Å². The number of H-pyrrole nitrogens is 1. The molecule has 3 heterocycles. The summed E-state index contributed by atoms with van der Waals surface area (Å²) in [6.07, 6.45) is -1.89. The summed E-state index contributed by atoms with van der Waals surface area (Å²) < 4.78 is 33.0. The van der Waals surface area contributed by atoms with Crippen molar-refractivity contribution < 1.29 is 38.2 Å². The SMILES string of the molecule is COCCOC[C@@H]1C(COP(=O)(O)O)O[C@@H](n2cnc3c(=O)[nH]c(N)nc32)[C@@H]1O. The molecule has 6 N–H and O–H groups in total. The Morgan fingerprint density at radius 1 is 1.38 bits per heavy atom. The normalized spacial score (nSPS) is 25.1. The number of fused-ring (bicyclic) bond motifs is 1. The van der Waals surface area contributed by atoms with Gasteiger partial charge in [0.1, 0.15) is 6.10 Å². The molecule has 0 amide bonds. The van der Waals surface area contributed by atoms with Gasteiger partial charge in [-0.1, -0.05) is 0 Å². The third-order valence-electron chi connectivity index (χ3n) is 4.40. The van der Waals surface area contributed by atoms with Crippen molar-refractivity contribution in [3.05, 3.63) is 16.7 Å². The fourth-order valence-corrected chi connectivity index (χ4v) is 3.39. The summed E-state index contributed by atoms with van der Waals surface area (Å²) in [5, 5.41) is 10.8. The summed E-state index contributed by atoms with van der Waals surface area (Å²) in [6, 6.07) is 0. The van der Waals surface area contributed by atoms with E-state index in [0.717, 1.165) is 0 Å². The standard InChI is InChI=1S/C14H22N5O9P/c1-25-2-3-26-4-7-8(5-27-29(22,23)24)28-13(10(7)20)19-6-16-9-11(19)17-14(15)18-12(9)21/h6-8,10,13,20H,2-5H2,1H3,(H2,22,23,24)(H3,15,17,18,21)/t7-,8?,10-,13-/m1/s1. The van der Waals surface area contributed by atoms with Crippen LogP contribution in [0.2, 0.25) is 0 Å². The zero-order chi connectivity index (χ0) is 21.2. The molecule has 1 aliphatic heterocycles. The lowest BCUT2D eigenvalue weighted by Crippen LogP contribution is -2.32. The van der Waals surface area contributed by atoms with E-state index in [4.69, 9.17) is 29.7 Å². The highest BCUT2D eigenvalue weighted by atomic mass is 31.2. The number of aromatic nitrogens is 4. The summed E-state index contributed by atoms with van der Waals surface area (Å²) in [5.41, 5.74) is 5.11. The molecule has 3 rings (SSSR count). The minimum Gasteiger partial charge on any atom is -0.388 e. The molecule has 1 saturated heterocycles. The first-order valence-electron chi connectivity index (χ1n) is 8.54. The Morgan fingerprint density at radius 2 is 2.14 bits per heavy atom. The molecule has 0 aromatic carbocycles.